The van der Waals surface area contributed by atoms with E-state index in [1.807, 2.05) is 12.1 Å². The molecule has 0 radical (unpaired) electrons. The summed E-state index contributed by atoms with van der Waals surface area (Å²) in [5.41, 5.74) is 1.40. The summed E-state index contributed by atoms with van der Waals surface area (Å²) in [5.74, 6) is 5.03. The normalized spacial score (nSPS) is 11.7. The van der Waals surface area contributed by atoms with Gasteiger partial charge in [-0.2, -0.15) is 0 Å². The minimum atomic E-state index is 0.100. The van der Waals surface area contributed by atoms with E-state index in [1.165, 1.54) is 5.56 Å². The Morgan fingerprint density at radius 1 is 1.43 bits per heavy atom. The molecule has 3 heteroatoms. The van der Waals surface area contributed by atoms with Crippen LogP contribution < -0.4 is 5.90 Å². The second kappa shape index (κ2) is 4.91. The highest BCUT2D eigenvalue weighted by atomic mass is 79.9. The summed E-state index contributed by atoms with van der Waals surface area (Å²) < 4.78 is 1.11. The van der Waals surface area contributed by atoms with Crippen LogP contribution in [0.4, 0.5) is 0 Å². The van der Waals surface area contributed by atoms with E-state index in [9.17, 15) is 0 Å². The first kappa shape index (κ1) is 11.7. The largest absolute Gasteiger partial charge is 0.305 e. The molecule has 1 aromatic rings. The molecule has 0 saturated carbocycles. The fraction of sp³-hybridized carbons (Fsp3) is 0.455. The average molecular weight is 258 g/mol. The monoisotopic (exact) mass is 257 g/mol. The molecule has 14 heavy (non-hydrogen) atoms. The maximum atomic E-state index is 5.03. The summed E-state index contributed by atoms with van der Waals surface area (Å²) in [6, 6.07) is 8.33. The van der Waals surface area contributed by atoms with Crippen molar-refractivity contribution < 1.29 is 4.84 Å². The van der Waals surface area contributed by atoms with E-state index in [2.05, 4.69) is 46.7 Å². The van der Waals surface area contributed by atoms with Gasteiger partial charge in [-0.25, -0.2) is 5.90 Å². The quantitative estimate of drug-likeness (QED) is 0.842. The molecule has 0 spiro atoms. The van der Waals surface area contributed by atoms with Crippen molar-refractivity contribution in [1.29, 1.82) is 0 Å². The Balaban J connectivity index is 2.80. The van der Waals surface area contributed by atoms with Crippen LogP contribution in [0.15, 0.2) is 28.7 Å². The number of hydrogen-bond acceptors (Lipinski definition) is 2. The Morgan fingerprint density at radius 2 is 2.14 bits per heavy atom. The van der Waals surface area contributed by atoms with E-state index in [4.69, 9.17) is 5.90 Å². The zero-order valence-electron chi connectivity index (χ0n) is 8.59. The zero-order valence-corrected chi connectivity index (χ0v) is 10.2. The molecule has 0 amide bonds. The van der Waals surface area contributed by atoms with E-state index >= 15 is 0 Å². The highest BCUT2D eigenvalue weighted by Crippen LogP contribution is 2.28. The zero-order chi connectivity index (χ0) is 10.6. The van der Waals surface area contributed by atoms with Crippen LogP contribution in [0.5, 0.6) is 0 Å². The van der Waals surface area contributed by atoms with Gasteiger partial charge in [0.05, 0.1) is 6.61 Å². The molecule has 0 bridgehead atoms. The molecule has 1 rings (SSSR count). The Hall–Kier alpha value is -0.380. The van der Waals surface area contributed by atoms with E-state index in [-0.39, 0.29) is 5.41 Å². The number of nitrogens with two attached hydrogens (primary N) is 1. The third-order valence-electron chi connectivity index (χ3n) is 2.45. The maximum Gasteiger partial charge on any atom is 0.0687 e. The lowest BCUT2D eigenvalue weighted by atomic mass is 9.82. The van der Waals surface area contributed by atoms with Crippen LogP contribution in [-0.2, 0) is 10.3 Å². The van der Waals surface area contributed by atoms with Gasteiger partial charge in [-0.15, -0.1) is 0 Å². The topological polar surface area (TPSA) is 35.2 Å². The molecule has 2 nitrogen and oxygen atoms in total. The molecule has 0 fully saturated rings. The van der Waals surface area contributed by atoms with E-state index in [1.54, 1.807) is 0 Å². The van der Waals surface area contributed by atoms with E-state index < -0.39 is 0 Å². The standard InChI is InChI=1S/C11H16BrNO/c1-11(2,6-7-14-13)9-4-3-5-10(12)8-9/h3-5,8H,6-7,13H2,1-2H3. The van der Waals surface area contributed by atoms with Gasteiger partial charge in [0.25, 0.3) is 0 Å². The highest BCUT2D eigenvalue weighted by molar-refractivity contribution is 9.10. The third kappa shape index (κ3) is 3.08. The average Bonchev–Trinajstić information content (AvgIpc) is 2.15. The van der Waals surface area contributed by atoms with Crippen LogP contribution in [0.3, 0.4) is 0 Å². The van der Waals surface area contributed by atoms with Crippen LogP contribution in [0.2, 0.25) is 0 Å². The Morgan fingerprint density at radius 3 is 2.71 bits per heavy atom. The highest BCUT2D eigenvalue weighted by Gasteiger charge is 2.20. The summed E-state index contributed by atoms with van der Waals surface area (Å²) in [7, 11) is 0. The fourth-order valence-electron chi connectivity index (χ4n) is 1.37. The van der Waals surface area contributed by atoms with Crippen molar-refractivity contribution in [2.45, 2.75) is 25.7 Å². The van der Waals surface area contributed by atoms with Gasteiger partial charge in [-0.05, 0) is 29.5 Å². The van der Waals surface area contributed by atoms with Crippen molar-refractivity contribution in [2.75, 3.05) is 6.61 Å². The number of halogens is 1. The SMILES string of the molecule is CC(C)(CCON)c1cccc(Br)c1. The first-order valence-electron chi connectivity index (χ1n) is 4.64. The predicted octanol–water partition coefficient (Wildman–Crippen LogP) is 3.01. The molecule has 0 unspecified atom stereocenters. The minimum absolute atomic E-state index is 0.100. The molecular weight excluding hydrogens is 242 g/mol. The number of hydrogen-bond donors (Lipinski definition) is 1. The first-order chi connectivity index (χ1) is 6.56. The van der Waals surface area contributed by atoms with Crippen LogP contribution in [0, 0.1) is 0 Å². The van der Waals surface area contributed by atoms with Gasteiger partial charge in [0.2, 0.25) is 0 Å². The third-order valence-corrected chi connectivity index (χ3v) is 2.94. The summed E-state index contributed by atoms with van der Waals surface area (Å²) in [6.07, 6.45) is 0.917. The fourth-order valence-corrected chi connectivity index (χ4v) is 1.77. The second-order valence-electron chi connectivity index (χ2n) is 4.02. The van der Waals surface area contributed by atoms with Crippen molar-refractivity contribution >= 4 is 15.9 Å². The van der Waals surface area contributed by atoms with Crippen LogP contribution in [-0.4, -0.2) is 6.61 Å². The lowest BCUT2D eigenvalue weighted by Gasteiger charge is -2.24. The summed E-state index contributed by atoms with van der Waals surface area (Å²) in [5, 5.41) is 0. The molecular formula is C11H16BrNO. The van der Waals surface area contributed by atoms with Crippen LogP contribution in [0.25, 0.3) is 0 Å². The van der Waals surface area contributed by atoms with Gasteiger partial charge in [0, 0.05) is 4.47 Å². The first-order valence-corrected chi connectivity index (χ1v) is 5.43. The Bertz CT molecular complexity index is 299. The van der Waals surface area contributed by atoms with Crippen molar-refractivity contribution in [1.82, 2.24) is 0 Å². The van der Waals surface area contributed by atoms with Gasteiger partial charge >= 0.3 is 0 Å². The van der Waals surface area contributed by atoms with Crippen molar-refractivity contribution in [3.63, 3.8) is 0 Å². The summed E-state index contributed by atoms with van der Waals surface area (Å²) in [6.45, 7) is 4.96. The lowest BCUT2D eigenvalue weighted by Crippen LogP contribution is -2.20. The van der Waals surface area contributed by atoms with E-state index in [0.29, 0.717) is 6.61 Å². The van der Waals surface area contributed by atoms with Gasteiger partial charge in [0.1, 0.15) is 0 Å². The molecule has 0 aliphatic carbocycles. The summed E-state index contributed by atoms with van der Waals surface area (Å²) in [4.78, 5) is 4.62. The Kier molecular flexibility index (Phi) is 4.11. The summed E-state index contributed by atoms with van der Waals surface area (Å²) >= 11 is 3.47. The van der Waals surface area contributed by atoms with Crippen molar-refractivity contribution in [3.8, 4) is 0 Å². The molecule has 0 saturated heterocycles. The Labute approximate surface area is 93.5 Å². The van der Waals surface area contributed by atoms with Gasteiger partial charge in [0.15, 0.2) is 0 Å². The molecule has 2 N–H and O–H groups in total. The molecule has 0 aromatic heterocycles. The molecule has 0 aliphatic rings. The maximum absolute atomic E-state index is 5.03. The van der Waals surface area contributed by atoms with Crippen LogP contribution >= 0.6 is 15.9 Å². The van der Waals surface area contributed by atoms with Crippen molar-refractivity contribution in [3.05, 3.63) is 34.3 Å². The number of benzene rings is 1. The number of rotatable bonds is 4. The molecule has 78 valence electrons. The predicted molar refractivity (Wildman–Crippen MR) is 61.9 cm³/mol. The van der Waals surface area contributed by atoms with Gasteiger partial charge in [-0.3, -0.25) is 0 Å². The molecule has 0 atom stereocenters. The van der Waals surface area contributed by atoms with Crippen LogP contribution in [0.1, 0.15) is 25.8 Å². The molecule has 1 aromatic carbocycles. The van der Waals surface area contributed by atoms with E-state index in [0.717, 1.165) is 10.9 Å². The smallest absolute Gasteiger partial charge is 0.0687 e. The molecule has 0 aliphatic heterocycles. The molecule has 0 heterocycles. The minimum Gasteiger partial charge on any atom is -0.305 e. The van der Waals surface area contributed by atoms with Gasteiger partial charge in [-0.1, -0.05) is 41.9 Å². The van der Waals surface area contributed by atoms with Crippen molar-refractivity contribution in [2.24, 2.45) is 5.90 Å². The van der Waals surface area contributed by atoms with Gasteiger partial charge < -0.3 is 4.84 Å². The second-order valence-corrected chi connectivity index (χ2v) is 4.93. The lowest BCUT2D eigenvalue weighted by molar-refractivity contribution is 0.121.